The molecule has 0 spiro atoms. The topological polar surface area (TPSA) is 61.8 Å². The number of ether oxygens (including phenoxy) is 1. The first-order valence-electron chi connectivity index (χ1n) is 11.6. The van der Waals surface area contributed by atoms with Gasteiger partial charge in [0.2, 0.25) is 5.88 Å². The van der Waals surface area contributed by atoms with Gasteiger partial charge in [0, 0.05) is 51.5 Å². The molecule has 4 rings (SSSR count). The molecule has 1 aromatic carbocycles. The standard InChI is InChI=1S/C25H35N5O/c1-26-25(28-18-21-11-12-24(27-17-21)31-23-9-5-6-10-23)29-22-13-15-30(16-14-22)19-20-7-3-2-4-8-20/h2-4,7-8,11-12,17,22-23H,5-6,9-10,13-16,18-19H2,1H3,(H2,26,28,29). The van der Waals surface area contributed by atoms with Gasteiger partial charge in [-0.05, 0) is 49.7 Å². The molecule has 0 unspecified atom stereocenters. The summed E-state index contributed by atoms with van der Waals surface area (Å²) in [6, 6.07) is 15.2. The van der Waals surface area contributed by atoms with E-state index in [1.165, 1.54) is 18.4 Å². The number of pyridine rings is 1. The summed E-state index contributed by atoms with van der Waals surface area (Å²) >= 11 is 0. The van der Waals surface area contributed by atoms with Crippen LogP contribution in [0.1, 0.15) is 49.7 Å². The minimum atomic E-state index is 0.346. The smallest absolute Gasteiger partial charge is 0.213 e. The number of hydrogen-bond acceptors (Lipinski definition) is 4. The van der Waals surface area contributed by atoms with E-state index in [4.69, 9.17) is 4.74 Å². The van der Waals surface area contributed by atoms with Gasteiger partial charge in [0.1, 0.15) is 6.10 Å². The third-order valence-electron chi connectivity index (χ3n) is 6.25. The molecule has 0 bridgehead atoms. The zero-order chi connectivity index (χ0) is 21.3. The molecule has 0 amide bonds. The van der Waals surface area contributed by atoms with Crippen molar-refractivity contribution in [3.63, 3.8) is 0 Å². The SMILES string of the molecule is CN=C(NCc1ccc(OC2CCCC2)nc1)NC1CCN(Cc2ccccc2)CC1. The molecule has 6 nitrogen and oxygen atoms in total. The average molecular weight is 422 g/mol. The number of nitrogens with one attached hydrogen (secondary N) is 2. The van der Waals surface area contributed by atoms with Gasteiger partial charge < -0.3 is 15.4 Å². The van der Waals surface area contributed by atoms with Crippen LogP contribution in [-0.2, 0) is 13.1 Å². The summed E-state index contributed by atoms with van der Waals surface area (Å²) < 4.78 is 5.95. The van der Waals surface area contributed by atoms with Crippen LogP contribution >= 0.6 is 0 Å². The Labute approximate surface area is 186 Å². The number of likely N-dealkylation sites (tertiary alicyclic amines) is 1. The molecule has 2 fully saturated rings. The summed E-state index contributed by atoms with van der Waals surface area (Å²) in [4.78, 5) is 11.4. The molecule has 2 aliphatic rings. The quantitative estimate of drug-likeness (QED) is 0.527. The molecule has 1 aliphatic heterocycles. The van der Waals surface area contributed by atoms with Crippen molar-refractivity contribution in [1.29, 1.82) is 0 Å². The summed E-state index contributed by atoms with van der Waals surface area (Å²) in [5.41, 5.74) is 2.51. The molecule has 0 radical (unpaired) electrons. The van der Waals surface area contributed by atoms with Gasteiger partial charge in [-0.2, -0.15) is 0 Å². The normalized spacial score (nSPS) is 18.8. The lowest BCUT2D eigenvalue weighted by Crippen LogP contribution is -2.48. The van der Waals surface area contributed by atoms with Crippen molar-refractivity contribution in [2.75, 3.05) is 20.1 Å². The van der Waals surface area contributed by atoms with E-state index >= 15 is 0 Å². The van der Waals surface area contributed by atoms with Crippen LogP contribution < -0.4 is 15.4 Å². The summed E-state index contributed by atoms with van der Waals surface area (Å²) in [7, 11) is 1.83. The maximum absolute atomic E-state index is 5.95. The molecule has 31 heavy (non-hydrogen) atoms. The molecular formula is C25H35N5O. The number of aliphatic imine (C=N–C) groups is 1. The van der Waals surface area contributed by atoms with Crippen LogP contribution in [0, 0.1) is 0 Å². The van der Waals surface area contributed by atoms with Gasteiger partial charge in [-0.25, -0.2) is 4.98 Å². The van der Waals surface area contributed by atoms with Gasteiger partial charge in [0.05, 0.1) is 0 Å². The third kappa shape index (κ3) is 6.69. The molecule has 6 heteroatoms. The first-order chi connectivity index (χ1) is 15.3. The predicted octanol–water partition coefficient (Wildman–Crippen LogP) is 3.73. The molecule has 166 valence electrons. The van der Waals surface area contributed by atoms with Gasteiger partial charge in [-0.1, -0.05) is 36.4 Å². The maximum Gasteiger partial charge on any atom is 0.213 e. The molecule has 2 N–H and O–H groups in total. The molecule has 1 saturated carbocycles. The van der Waals surface area contributed by atoms with Crippen molar-refractivity contribution in [2.45, 2.75) is 63.8 Å². The second-order valence-electron chi connectivity index (χ2n) is 8.64. The van der Waals surface area contributed by atoms with E-state index in [2.05, 4.69) is 61.9 Å². The van der Waals surface area contributed by atoms with E-state index in [1.807, 2.05) is 19.3 Å². The second-order valence-corrected chi connectivity index (χ2v) is 8.64. The Balaban J connectivity index is 1.18. The van der Waals surface area contributed by atoms with Gasteiger partial charge >= 0.3 is 0 Å². The van der Waals surface area contributed by atoms with Crippen LogP contribution in [0.25, 0.3) is 0 Å². The number of nitrogens with zero attached hydrogens (tertiary/aromatic N) is 3. The summed E-state index contributed by atoms with van der Waals surface area (Å²) in [5.74, 6) is 1.59. The van der Waals surface area contributed by atoms with E-state index in [0.717, 1.165) is 62.7 Å². The maximum atomic E-state index is 5.95. The van der Waals surface area contributed by atoms with Crippen LogP contribution in [0.5, 0.6) is 5.88 Å². The van der Waals surface area contributed by atoms with E-state index in [-0.39, 0.29) is 0 Å². The fourth-order valence-electron chi connectivity index (χ4n) is 4.41. The van der Waals surface area contributed by atoms with E-state index in [9.17, 15) is 0 Å². The van der Waals surface area contributed by atoms with E-state index in [0.29, 0.717) is 18.7 Å². The molecule has 1 saturated heterocycles. The van der Waals surface area contributed by atoms with Crippen molar-refractivity contribution in [2.24, 2.45) is 4.99 Å². The number of rotatable bonds is 7. The predicted molar refractivity (Wildman–Crippen MR) is 125 cm³/mol. The lowest BCUT2D eigenvalue weighted by molar-refractivity contribution is 0.198. The van der Waals surface area contributed by atoms with Crippen LogP contribution in [0.2, 0.25) is 0 Å². The second kappa shape index (κ2) is 11.1. The van der Waals surface area contributed by atoms with Crippen molar-refractivity contribution in [3.05, 3.63) is 59.8 Å². The van der Waals surface area contributed by atoms with Crippen molar-refractivity contribution in [3.8, 4) is 5.88 Å². The Hall–Kier alpha value is -2.60. The summed E-state index contributed by atoms with van der Waals surface area (Å²) in [5, 5.41) is 7.01. The minimum Gasteiger partial charge on any atom is -0.474 e. The van der Waals surface area contributed by atoms with Gasteiger partial charge in [-0.15, -0.1) is 0 Å². The zero-order valence-electron chi connectivity index (χ0n) is 18.6. The van der Waals surface area contributed by atoms with Crippen LogP contribution in [-0.4, -0.2) is 48.1 Å². The average Bonchev–Trinajstić information content (AvgIpc) is 3.32. The zero-order valence-corrected chi connectivity index (χ0v) is 18.6. The Bertz CT molecular complexity index is 810. The Morgan fingerprint density at radius 1 is 1.03 bits per heavy atom. The fourth-order valence-corrected chi connectivity index (χ4v) is 4.41. The van der Waals surface area contributed by atoms with Gasteiger partial charge in [-0.3, -0.25) is 9.89 Å². The van der Waals surface area contributed by atoms with Crippen molar-refractivity contribution in [1.82, 2.24) is 20.5 Å². The Kier molecular flexibility index (Phi) is 7.77. The van der Waals surface area contributed by atoms with Gasteiger partial charge in [0.15, 0.2) is 5.96 Å². The molecule has 1 aliphatic carbocycles. The lowest BCUT2D eigenvalue weighted by Gasteiger charge is -2.33. The highest BCUT2D eigenvalue weighted by atomic mass is 16.5. The highest BCUT2D eigenvalue weighted by Crippen LogP contribution is 2.22. The number of aromatic nitrogens is 1. The molecule has 2 heterocycles. The van der Waals surface area contributed by atoms with Crippen LogP contribution in [0.3, 0.4) is 0 Å². The highest BCUT2D eigenvalue weighted by molar-refractivity contribution is 5.79. The molecule has 0 atom stereocenters. The van der Waals surface area contributed by atoms with E-state index in [1.54, 1.807) is 0 Å². The summed E-state index contributed by atoms with van der Waals surface area (Å²) in [6.07, 6.45) is 9.34. The van der Waals surface area contributed by atoms with Crippen molar-refractivity contribution < 1.29 is 4.74 Å². The van der Waals surface area contributed by atoms with Crippen molar-refractivity contribution >= 4 is 5.96 Å². The summed E-state index contributed by atoms with van der Waals surface area (Å²) in [6.45, 7) is 3.95. The Morgan fingerprint density at radius 2 is 1.81 bits per heavy atom. The fraction of sp³-hybridized carbons (Fsp3) is 0.520. The Morgan fingerprint density at radius 3 is 2.48 bits per heavy atom. The largest absolute Gasteiger partial charge is 0.474 e. The first-order valence-corrected chi connectivity index (χ1v) is 11.6. The first kappa shape index (κ1) is 21.6. The lowest BCUT2D eigenvalue weighted by atomic mass is 10.0. The number of guanidine groups is 1. The number of piperidine rings is 1. The third-order valence-corrected chi connectivity index (χ3v) is 6.25. The van der Waals surface area contributed by atoms with Crippen LogP contribution in [0.4, 0.5) is 0 Å². The molecule has 2 aromatic rings. The molecule has 1 aromatic heterocycles. The number of benzene rings is 1. The van der Waals surface area contributed by atoms with E-state index < -0.39 is 0 Å². The monoisotopic (exact) mass is 421 g/mol. The minimum absolute atomic E-state index is 0.346. The van der Waals surface area contributed by atoms with Gasteiger partial charge in [0.25, 0.3) is 0 Å². The van der Waals surface area contributed by atoms with Crippen LogP contribution in [0.15, 0.2) is 53.7 Å². The molecular weight excluding hydrogens is 386 g/mol. The highest BCUT2D eigenvalue weighted by Gasteiger charge is 2.20. The number of hydrogen-bond donors (Lipinski definition) is 2.